The van der Waals surface area contributed by atoms with Crippen LogP contribution in [0.3, 0.4) is 0 Å². The second kappa shape index (κ2) is 3.84. The molecule has 0 aromatic heterocycles. The summed E-state index contributed by atoms with van der Waals surface area (Å²) in [6.07, 6.45) is 0. The van der Waals surface area contributed by atoms with Crippen molar-refractivity contribution >= 4 is 16.5 Å². The van der Waals surface area contributed by atoms with Crippen molar-refractivity contribution in [1.29, 1.82) is 0 Å². The summed E-state index contributed by atoms with van der Waals surface area (Å²) in [5.74, 6) is 0.237. The van der Waals surface area contributed by atoms with E-state index in [-0.39, 0.29) is 11.2 Å². The molecule has 0 aliphatic rings. The molecule has 0 spiro atoms. The van der Waals surface area contributed by atoms with Crippen LogP contribution in [-0.4, -0.2) is 5.11 Å². The van der Waals surface area contributed by atoms with Gasteiger partial charge in [0.25, 0.3) is 0 Å². The summed E-state index contributed by atoms with van der Waals surface area (Å²) in [6, 6.07) is 8.92. The Hall–Kier alpha value is -1.90. The van der Waals surface area contributed by atoms with Gasteiger partial charge < -0.3 is 5.11 Å². The molecule has 0 radical (unpaired) electrons. The smallest absolute Gasteiger partial charge is 0.127 e. The van der Waals surface area contributed by atoms with Crippen molar-refractivity contribution in [3.63, 3.8) is 0 Å². The number of hydrogen-bond donors (Lipinski definition) is 1. The highest BCUT2D eigenvalue weighted by Gasteiger charge is 2.21. The van der Waals surface area contributed by atoms with Crippen LogP contribution in [0.2, 0.25) is 0 Å². The van der Waals surface area contributed by atoms with E-state index >= 15 is 0 Å². The molecule has 2 aromatic rings. The van der Waals surface area contributed by atoms with Gasteiger partial charge in [-0.15, -0.1) is 4.91 Å². The van der Waals surface area contributed by atoms with Crippen LogP contribution in [-0.2, 0) is 5.41 Å². The highest BCUT2D eigenvalue weighted by Crippen LogP contribution is 2.41. The first kappa shape index (κ1) is 11.6. The molecule has 0 bridgehead atoms. The molecule has 1 N–H and O–H groups in total. The van der Waals surface area contributed by atoms with Gasteiger partial charge in [0.05, 0.1) is 0 Å². The zero-order chi connectivity index (χ0) is 12.6. The molecule has 0 atom stereocenters. The lowest BCUT2D eigenvalue weighted by molar-refractivity contribution is 0.453. The number of phenolic OH excluding ortho intramolecular Hbond substituents is 1. The molecule has 0 unspecified atom stereocenters. The minimum atomic E-state index is -0.229. The fraction of sp³-hybridized carbons (Fsp3) is 0.286. The standard InChI is InChI=1S/C14H15NO2/c1-14(2,3)11-8-12(15-17)9-6-4-5-7-10(9)13(11)16/h4-8,16H,1-3H3. The molecular formula is C14H15NO2. The van der Waals surface area contributed by atoms with E-state index in [2.05, 4.69) is 5.18 Å². The maximum absolute atomic E-state index is 10.9. The number of hydrogen-bond acceptors (Lipinski definition) is 3. The van der Waals surface area contributed by atoms with E-state index in [1.165, 1.54) is 0 Å². The van der Waals surface area contributed by atoms with Crippen molar-refractivity contribution < 1.29 is 5.11 Å². The van der Waals surface area contributed by atoms with Gasteiger partial charge in [0.1, 0.15) is 11.4 Å². The summed E-state index contributed by atoms with van der Waals surface area (Å²) in [5, 5.41) is 14.7. The van der Waals surface area contributed by atoms with Gasteiger partial charge in [0, 0.05) is 16.3 Å². The first-order valence-electron chi connectivity index (χ1n) is 5.53. The third kappa shape index (κ3) is 1.88. The van der Waals surface area contributed by atoms with Crippen molar-refractivity contribution in [2.24, 2.45) is 5.18 Å². The van der Waals surface area contributed by atoms with E-state index in [9.17, 15) is 10.0 Å². The van der Waals surface area contributed by atoms with Gasteiger partial charge in [-0.05, 0) is 16.7 Å². The van der Waals surface area contributed by atoms with Gasteiger partial charge in [-0.2, -0.15) is 0 Å². The Morgan fingerprint density at radius 3 is 2.24 bits per heavy atom. The molecule has 0 aliphatic carbocycles. The van der Waals surface area contributed by atoms with Crippen LogP contribution in [0.1, 0.15) is 26.3 Å². The molecule has 0 saturated heterocycles. The monoisotopic (exact) mass is 229 g/mol. The Balaban J connectivity index is 2.90. The maximum Gasteiger partial charge on any atom is 0.127 e. The lowest BCUT2D eigenvalue weighted by Crippen LogP contribution is -2.11. The van der Waals surface area contributed by atoms with Gasteiger partial charge in [0.2, 0.25) is 0 Å². The number of nitroso groups, excluding NO2 is 1. The fourth-order valence-electron chi connectivity index (χ4n) is 1.99. The van der Waals surface area contributed by atoms with Crippen LogP contribution in [0.25, 0.3) is 10.8 Å². The van der Waals surface area contributed by atoms with Gasteiger partial charge in [0.15, 0.2) is 0 Å². The summed E-state index contributed by atoms with van der Waals surface area (Å²) < 4.78 is 0. The molecule has 2 aromatic carbocycles. The summed E-state index contributed by atoms with van der Waals surface area (Å²) >= 11 is 0. The maximum atomic E-state index is 10.9. The number of nitrogens with zero attached hydrogens (tertiary/aromatic N) is 1. The van der Waals surface area contributed by atoms with E-state index < -0.39 is 0 Å². The van der Waals surface area contributed by atoms with E-state index in [4.69, 9.17) is 0 Å². The highest BCUT2D eigenvalue weighted by molar-refractivity contribution is 5.98. The summed E-state index contributed by atoms with van der Waals surface area (Å²) in [6.45, 7) is 5.97. The predicted octanol–water partition coefficient (Wildman–Crippen LogP) is 4.24. The number of rotatable bonds is 1. The number of fused-ring (bicyclic) bond motifs is 1. The van der Waals surface area contributed by atoms with E-state index in [0.29, 0.717) is 16.5 Å². The largest absolute Gasteiger partial charge is 0.507 e. The molecule has 88 valence electrons. The summed E-state index contributed by atoms with van der Waals surface area (Å²) in [5.41, 5.74) is 0.891. The van der Waals surface area contributed by atoms with E-state index in [1.54, 1.807) is 18.2 Å². The first-order chi connectivity index (χ1) is 7.95. The van der Waals surface area contributed by atoms with Crippen LogP contribution in [0, 0.1) is 4.91 Å². The average Bonchev–Trinajstić information content (AvgIpc) is 2.28. The molecule has 0 fully saturated rings. The molecule has 0 amide bonds. The first-order valence-corrected chi connectivity index (χ1v) is 5.53. The lowest BCUT2D eigenvalue weighted by atomic mass is 9.84. The van der Waals surface area contributed by atoms with Crippen LogP contribution >= 0.6 is 0 Å². The van der Waals surface area contributed by atoms with E-state index in [0.717, 1.165) is 5.56 Å². The number of aromatic hydroxyl groups is 1. The average molecular weight is 229 g/mol. The summed E-state index contributed by atoms with van der Waals surface area (Å²) in [4.78, 5) is 10.9. The zero-order valence-corrected chi connectivity index (χ0v) is 10.2. The topological polar surface area (TPSA) is 49.7 Å². The molecule has 17 heavy (non-hydrogen) atoms. The number of benzene rings is 2. The molecule has 0 aliphatic heterocycles. The Morgan fingerprint density at radius 2 is 1.71 bits per heavy atom. The minimum absolute atomic E-state index is 0.229. The third-order valence-electron chi connectivity index (χ3n) is 2.90. The van der Waals surface area contributed by atoms with Crippen molar-refractivity contribution in [1.82, 2.24) is 0 Å². The lowest BCUT2D eigenvalue weighted by Gasteiger charge is -2.21. The number of phenols is 1. The van der Waals surface area contributed by atoms with Gasteiger partial charge >= 0.3 is 0 Å². The quantitative estimate of drug-likeness (QED) is 0.743. The van der Waals surface area contributed by atoms with Crippen molar-refractivity contribution in [2.75, 3.05) is 0 Å². The minimum Gasteiger partial charge on any atom is -0.507 e. The predicted molar refractivity (Wildman–Crippen MR) is 69.8 cm³/mol. The second-order valence-electron chi connectivity index (χ2n) is 5.18. The van der Waals surface area contributed by atoms with Crippen molar-refractivity contribution in [2.45, 2.75) is 26.2 Å². The molecular weight excluding hydrogens is 214 g/mol. The third-order valence-corrected chi connectivity index (χ3v) is 2.90. The highest BCUT2D eigenvalue weighted by atomic mass is 16.3. The Bertz CT molecular complexity index is 583. The van der Waals surface area contributed by atoms with Crippen molar-refractivity contribution in [3.05, 3.63) is 40.8 Å². The fourth-order valence-corrected chi connectivity index (χ4v) is 1.99. The van der Waals surface area contributed by atoms with Crippen molar-refractivity contribution in [3.8, 4) is 5.75 Å². The molecule has 3 nitrogen and oxygen atoms in total. The molecule has 2 rings (SSSR count). The molecule has 3 heteroatoms. The Labute approximate surface area is 100 Å². The van der Waals surface area contributed by atoms with Crippen LogP contribution in [0.5, 0.6) is 5.75 Å². The van der Waals surface area contributed by atoms with Crippen LogP contribution in [0.4, 0.5) is 5.69 Å². The Morgan fingerprint density at radius 1 is 1.12 bits per heavy atom. The van der Waals surface area contributed by atoms with E-state index in [1.807, 2.05) is 32.9 Å². The summed E-state index contributed by atoms with van der Waals surface area (Å²) in [7, 11) is 0. The zero-order valence-electron chi connectivity index (χ0n) is 10.2. The van der Waals surface area contributed by atoms with Gasteiger partial charge in [-0.3, -0.25) is 0 Å². The van der Waals surface area contributed by atoms with Gasteiger partial charge in [-0.1, -0.05) is 45.0 Å². The Kier molecular flexibility index (Phi) is 2.62. The van der Waals surface area contributed by atoms with Crippen LogP contribution in [0.15, 0.2) is 35.5 Å². The molecule has 0 saturated carbocycles. The van der Waals surface area contributed by atoms with Crippen LogP contribution < -0.4 is 0 Å². The van der Waals surface area contributed by atoms with Gasteiger partial charge in [-0.25, -0.2) is 0 Å². The normalized spacial score (nSPS) is 11.7. The molecule has 0 heterocycles. The second-order valence-corrected chi connectivity index (χ2v) is 5.18. The SMILES string of the molecule is CC(C)(C)c1cc(N=O)c2ccccc2c1O.